The van der Waals surface area contributed by atoms with Crippen LogP contribution in [0.3, 0.4) is 0 Å². The molecule has 3 rings (SSSR count). The number of rotatable bonds is 5. The van der Waals surface area contributed by atoms with Crippen LogP contribution in [0, 0.1) is 0 Å². The molecule has 118 valence electrons. The van der Waals surface area contributed by atoms with E-state index in [9.17, 15) is 4.79 Å². The second-order valence-corrected chi connectivity index (χ2v) is 5.63. The summed E-state index contributed by atoms with van der Waals surface area (Å²) in [5.41, 5.74) is 1.48. The van der Waals surface area contributed by atoms with Crippen LogP contribution in [-0.4, -0.2) is 17.0 Å². The van der Waals surface area contributed by atoms with Crippen molar-refractivity contribution in [3.05, 3.63) is 60.4 Å². The molecule has 1 aliphatic carbocycles. The first-order valence-electron chi connectivity index (χ1n) is 7.96. The van der Waals surface area contributed by atoms with Gasteiger partial charge < -0.3 is 10.1 Å². The van der Waals surface area contributed by atoms with Crippen molar-refractivity contribution in [1.29, 1.82) is 0 Å². The number of carbonyl (C=O) groups excluding carboxylic acids is 1. The lowest BCUT2D eigenvalue weighted by Crippen LogP contribution is -2.11. The van der Waals surface area contributed by atoms with Crippen molar-refractivity contribution in [2.45, 2.75) is 31.8 Å². The number of benzene rings is 1. The Balaban J connectivity index is 1.58. The minimum atomic E-state index is -0.186. The third-order valence-electron chi connectivity index (χ3n) is 3.80. The van der Waals surface area contributed by atoms with Crippen molar-refractivity contribution in [2.75, 3.05) is 5.32 Å². The summed E-state index contributed by atoms with van der Waals surface area (Å²) in [5, 5.41) is 2.84. The van der Waals surface area contributed by atoms with Crippen LogP contribution in [0.25, 0.3) is 6.08 Å². The fourth-order valence-electron chi connectivity index (χ4n) is 2.67. The molecule has 4 heteroatoms. The molecule has 1 aromatic carbocycles. The lowest BCUT2D eigenvalue weighted by atomic mass is 10.2. The van der Waals surface area contributed by atoms with Crippen LogP contribution in [0.5, 0.6) is 5.75 Å². The van der Waals surface area contributed by atoms with Crippen molar-refractivity contribution < 1.29 is 9.53 Å². The largest absolute Gasteiger partial charge is 0.490 e. The molecule has 1 saturated carbocycles. The zero-order valence-electron chi connectivity index (χ0n) is 12.9. The number of nitrogens with zero attached hydrogens (tertiary/aromatic N) is 1. The van der Waals surface area contributed by atoms with Gasteiger partial charge in [-0.1, -0.05) is 12.1 Å². The molecular formula is C19H20N2O2. The normalized spacial score (nSPS) is 15.0. The van der Waals surface area contributed by atoms with E-state index < -0.39 is 0 Å². The van der Waals surface area contributed by atoms with E-state index in [2.05, 4.69) is 10.3 Å². The maximum atomic E-state index is 12.0. The predicted molar refractivity (Wildman–Crippen MR) is 91.2 cm³/mol. The van der Waals surface area contributed by atoms with E-state index >= 15 is 0 Å². The number of amides is 1. The Morgan fingerprint density at radius 2 is 2.04 bits per heavy atom. The molecule has 0 bridgehead atoms. The first-order valence-corrected chi connectivity index (χ1v) is 7.96. The Hall–Kier alpha value is -2.62. The first-order chi connectivity index (χ1) is 11.3. The molecule has 1 heterocycles. The van der Waals surface area contributed by atoms with E-state index in [0.717, 1.165) is 30.0 Å². The van der Waals surface area contributed by atoms with Crippen LogP contribution < -0.4 is 10.1 Å². The summed E-state index contributed by atoms with van der Waals surface area (Å²) in [5.74, 6) is 0.622. The van der Waals surface area contributed by atoms with Crippen LogP contribution in [0.15, 0.2) is 54.7 Å². The molecule has 1 N–H and O–H groups in total. The Morgan fingerprint density at radius 3 is 2.83 bits per heavy atom. The maximum Gasteiger partial charge on any atom is 0.248 e. The fraction of sp³-hybridized carbons (Fsp3) is 0.263. The molecule has 0 spiro atoms. The van der Waals surface area contributed by atoms with Crippen LogP contribution in [0.4, 0.5) is 5.69 Å². The summed E-state index contributed by atoms with van der Waals surface area (Å²) in [6, 6.07) is 13.1. The summed E-state index contributed by atoms with van der Waals surface area (Å²) in [6.45, 7) is 0. The Labute approximate surface area is 136 Å². The van der Waals surface area contributed by atoms with Gasteiger partial charge in [-0.3, -0.25) is 9.78 Å². The molecule has 2 aromatic rings. The molecule has 4 nitrogen and oxygen atoms in total. The molecule has 0 aliphatic heterocycles. The van der Waals surface area contributed by atoms with Gasteiger partial charge in [0.05, 0.1) is 11.8 Å². The van der Waals surface area contributed by atoms with Gasteiger partial charge in [0.25, 0.3) is 0 Å². The molecule has 1 aliphatic rings. The second-order valence-electron chi connectivity index (χ2n) is 5.63. The van der Waals surface area contributed by atoms with Crippen molar-refractivity contribution in [3.63, 3.8) is 0 Å². The lowest BCUT2D eigenvalue weighted by molar-refractivity contribution is -0.111. The van der Waals surface area contributed by atoms with E-state index in [0.29, 0.717) is 6.10 Å². The number of hydrogen-bond donors (Lipinski definition) is 1. The molecule has 23 heavy (non-hydrogen) atoms. The minimum absolute atomic E-state index is 0.186. The molecule has 1 fully saturated rings. The molecule has 1 aromatic heterocycles. The van der Waals surface area contributed by atoms with E-state index in [4.69, 9.17) is 4.74 Å². The van der Waals surface area contributed by atoms with Gasteiger partial charge >= 0.3 is 0 Å². The summed E-state index contributed by atoms with van der Waals surface area (Å²) in [4.78, 5) is 16.1. The highest BCUT2D eigenvalue weighted by Crippen LogP contribution is 2.25. The van der Waals surface area contributed by atoms with E-state index in [1.165, 1.54) is 18.9 Å². The smallest absolute Gasteiger partial charge is 0.248 e. The Bertz CT molecular complexity index is 677. The maximum absolute atomic E-state index is 12.0. The highest BCUT2D eigenvalue weighted by molar-refractivity contribution is 6.01. The average molecular weight is 308 g/mol. The van der Waals surface area contributed by atoms with Gasteiger partial charge in [0.2, 0.25) is 5.91 Å². The van der Waals surface area contributed by atoms with Crippen molar-refractivity contribution in [2.24, 2.45) is 0 Å². The lowest BCUT2D eigenvalue weighted by Gasteiger charge is -2.13. The number of anilines is 1. The second kappa shape index (κ2) is 7.58. The van der Waals surface area contributed by atoms with Gasteiger partial charge in [-0.2, -0.15) is 0 Å². The van der Waals surface area contributed by atoms with E-state index in [1.54, 1.807) is 12.3 Å². The molecule has 0 atom stereocenters. The van der Waals surface area contributed by atoms with Crippen molar-refractivity contribution >= 4 is 17.7 Å². The molecular weight excluding hydrogens is 288 g/mol. The van der Waals surface area contributed by atoms with Gasteiger partial charge in [0.15, 0.2) is 0 Å². The predicted octanol–water partition coefficient (Wildman–Crippen LogP) is 4.05. The first kappa shape index (κ1) is 15.3. The Morgan fingerprint density at radius 1 is 1.17 bits per heavy atom. The van der Waals surface area contributed by atoms with E-state index in [-0.39, 0.29) is 5.91 Å². The highest BCUT2D eigenvalue weighted by Gasteiger charge is 2.16. The van der Waals surface area contributed by atoms with Gasteiger partial charge in [-0.05, 0) is 56.0 Å². The van der Waals surface area contributed by atoms with Gasteiger partial charge in [0, 0.05) is 24.0 Å². The van der Waals surface area contributed by atoms with Gasteiger partial charge in [0.1, 0.15) is 5.75 Å². The summed E-state index contributed by atoms with van der Waals surface area (Å²) < 4.78 is 5.95. The van der Waals surface area contributed by atoms with Gasteiger partial charge in [-0.25, -0.2) is 0 Å². The third kappa shape index (κ3) is 4.68. The van der Waals surface area contributed by atoms with Gasteiger partial charge in [-0.15, -0.1) is 0 Å². The number of nitrogens with one attached hydrogen (secondary N) is 1. The SMILES string of the molecule is O=C(C=Cc1ccccn1)Nc1cccc(OC2CCCC2)c1. The summed E-state index contributed by atoms with van der Waals surface area (Å²) >= 11 is 0. The van der Waals surface area contributed by atoms with Crippen LogP contribution in [0.2, 0.25) is 0 Å². The third-order valence-corrected chi connectivity index (χ3v) is 3.80. The highest BCUT2D eigenvalue weighted by atomic mass is 16.5. The topological polar surface area (TPSA) is 51.2 Å². The molecule has 0 saturated heterocycles. The number of aromatic nitrogens is 1. The summed E-state index contributed by atoms with van der Waals surface area (Å²) in [7, 11) is 0. The zero-order chi connectivity index (χ0) is 15.9. The molecule has 1 amide bonds. The number of hydrogen-bond acceptors (Lipinski definition) is 3. The van der Waals surface area contributed by atoms with Crippen LogP contribution in [0.1, 0.15) is 31.4 Å². The van der Waals surface area contributed by atoms with Crippen molar-refractivity contribution in [3.8, 4) is 5.75 Å². The average Bonchev–Trinajstić information content (AvgIpc) is 3.07. The Kier molecular flexibility index (Phi) is 5.04. The van der Waals surface area contributed by atoms with Crippen LogP contribution >= 0.6 is 0 Å². The van der Waals surface area contributed by atoms with E-state index in [1.807, 2.05) is 42.5 Å². The minimum Gasteiger partial charge on any atom is -0.490 e. The fourth-order valence-corrected chi connectivity index (χ4v) is 2.67. The number of carbonyl (C=O) groups is 1. The molecule has 0 unspecified atom stereocenters. The monoisotopic (exact) mass is 308 g/mol. The zero-order valence-corrected chi connectivity index (χ0v) is 12.9. The number of ether oxygens (including phenoxy) is 1. The quantitative estimate of drug-likeness (QED) is 0.848. The van der Waals surface area contributed by atoms with Crippen molar-refractivity contribution in [1.82, 2.24) is 4.98 Å². The standard InChI is InChI=1S/C19H20N2O2/c22-19(12-11-15-6-3-4-13-20-15)21-16-7-5-10-18(14-16)23-17-8-1-2-9-17/h3-7,10-14,17H,1-2,8-9H2,(H,21,22). The molecule has 0 radical (unpaired) electrons. The summed E-state index contributed by atoms with van der Waals surface area (Å²) in [6.07, 6.45) is 9.87. The number of pyridine rings is 1. The van der Waals surface area contributed by atoms with Crippen LogP contribution in [-0.2, 0) is 4.79 Å².